The fourth-order valence-corrected chi connectivity index (χ4v) is 3.74. The summed E-state index contributed by atoms with van der Waals surface area (Å²) in [6.07, 6.45) is 1.34. The van der Waals surface area contributed by atoms with Crippen molar-refractivity contribution >= 4 is 12.5 Å². The van der Waals surface area contributed by atoms with E-state index in [0.29, 0.717) is 61.7 Å². The third kappa shape index (κ3) is 4.64. The van der Waals surface area contributed by atoms with Gasteiger partial charge in [0.05, 0.1) is 13.2 Å². The number of nitrogens with zero attached hydrogens (tertiary/aromatic N) is 3. The summed E-state index contributed by atoms with van der Waals surface area (Å²) in [6, 6.07) is 18.8. The Bertz CT molecular complexity index is 1040. The minimum atomic E-state index is -1.13. The number of nitrogens with two attached hydrogens (primary N) is 1. The van der Waals surface area contributed by atoms with Crippen molar-refractivity contribution in [1.29, 1.82) is 0 Å². The first-order valence-corrected chi connectivity index (χ1v) is 10.3. The lowest BCUT2D eigenvalue weighted by Gasteiger charge is -2.38. The maximum absolute atomic E-state index is 12.7. The van der Waals surface area contributed by atoms with Crippen LogP contribution in [0.4, 0.5) is 0 Å². The Hall–Kier alpha value is -3.13. The second-order valence-electron chi connectivity index (χ2n) is 7.56. The molecular weight excluding hydrogens is 392 g/mol. The van der Waals surface area contributed by atoms with Crippen molar-refractivity contribution in [3.05, 3.63) is 88.8 Å². The largest absolute Gasteiger partial charge is 0.379 e. The first-order chi connectivity index (χ1) is 15.1. The highest BCUT2D eigenvalue weighted by atomic mass is 16.5. The van der Waals surface area contributed by atoms with Crippen LogP contribution in [0.3, 0.4) is 0 Å². The number of carbonyl (C=O) groups excluding carboxylic acids is 1. The van der Waals surface area contributed by atoms with Gasteiger partial charge in [-0.2, -0.15) is 0 Å². The average Bonchev–Trinajstić information content (AvgIpc) is 3.33. The summed E-state index contributed by atoms with van der Waals surface area (Å²) in [5, 5.41) is 4.16. The number of aryl methyl sites for hydroxylation is 2. The lowest BCUT2D eigenvalue weighted by molar-refractivity contribution is -0.0222. The molecule has 1 saturated heterocycles. The highest BCUT2D eigenvalue weighted by molar-refractivity contribution is 6.09. The van der Waals surface area contributed by atoms with Crippen LogP contribution in [-0.4, -0.2) is 48.9 Å². The van der Waals surface area contributed by atoms with Crippen LogP contribution in [0.1, 0.15) is 32.9 Å². The fraction of sp³-hybridized carbons (Fsp3) is 0.292. The smallest absolute Gasteiger partial charge is 0.211 e. The van der Waals surface area contributed by atoms with Gasteiger partial charge in [-0.3, -0.25) is 20.4 Å². The van der Waals surface area contributed by atoms with E-state index < -0.39 is 5.79 Å². The number of ketones is 1. The van der Waals surface area contributed by atoms with Crippen molar-refractivity contribution in [1.82, 2.24) is 10.1 Å². The molecule has 2 N–H and O–H groups in total. The monoisotopic (exact) mass is 418 g/mol. The SMILES string of the molecule is C=NC(N)(c1cc(CCc2cccc(C(=O)c3ccccc3)c2)on1)N1CCOCC1. The summed E-state index contributed by atoms with van der Waals surface area (Å²) in [5.41, 5.74) is 9.44. The zero-order valence-electron chi connectivity index (χ0n) is 17.4. The number of rotatable bonds is 8. The summed E-state index contributed by atoms with van der Waals surface area (Å²) in [7, 11) is 0. The molecule has 0 bridgehead atoms. The Morgan fingerprint density at radius 1 is 1.06 bits per heavy atom. The van der Waals surface area contributed by atoms with Gasteiger partial charge in [0.2, 0.25) is 5.79 Å². The van der Waals surface area contributed by atoms with E-state index in [1.54, 1.807) is 0 Å². The van der Waals surface area contributed by atoms with Crippen LogP contribution >= 0.6 is 0 Å². The summed E-state index contributed by atoms with van der Waals surface area (Å²) in [6.45, 7) is 6.16. The molecule has 0 saturated carbocycles. The molecule has 1 aliphatic heterocycles. The van der Waals surface area contributed by atoms with Crippen molar-refractivity contribution in [2.24, 2.45) is 10.7 Å². The molecule has 1 aromatic heterocycles. The molecule has 1 atom stereocenters. The zero-order chi connectivity index (χ0) is 21.7. The van der Waals surface area contributed by atoms with Crippen molar-refractivity contribution in [2.75, 3.05) is 26.3 Å². The molecule has 31 heavy (non-hydrogen) atoms. The zero-order valence-corrected chi connectivity index (χ0v) is 17.4. The van der Waals surface area contributed by atoms with Crippen molar-refractivity contribution in [3.8, 4) is 0 Å². The second-order valence-corrected chi connectivity index (χ2v) is 7.56. The standard InChI is InChI=1S/C24H26N4O3/c1-26-24(25,28-12-14-30-15-13-28)22-17-21(31-27-22)11-10-18-6-5-9-20(16-18)23(29)19-7-3-2-4-8-19/h2-9,16-17H,1,10-15,25H2. The van der Waals surface area contributed by atoms with E-state index in [1.165, 1.54) is 0 Å². The lowest BCUT2D eigenvalue weighted by Crippen LogP contribution is -2.56. The molecule has 0 aliphatic carbocycles. The number of carbonyl (C=O) groups is 1. The average molecular weight is 418 g/mol. The first-order valence-electron chi connectivity index (χ1n) is 10.3. The maximum Gasteiger partial charge on any atom is 0.211 e. The van der Waals surface area contributed by atoms with Gasteiger partial charge in [0.1, 0.15) is 11.5 Å². The number of hydrogen-bond donors (Lipinski definition) is 1. The first kappa shape index (κ1) is 21.1. The number of hydrogen-bond acceptors (Lipinski definition) is 7. The summed E-state index contributed by atoms with van der Waals surface area (Å²) >= 11 is 0. The molecule has 7 nitrogen and oxygen atoms in total. The van der Waals surface area contributed by atoms with E-state index in [1.807, 2.05) is 65.6 Å². The van der Waals surface area contributed by atoms with Crippen LogP contribution in [0, 0.1) is 0 Å². The van der Waals surface area contributed by atoms with Crippen molar-refractivity contribution in [2.45, 2.75) is 18.6 Å². The molecule has 1 fully saturated rings. The molecule has 1 unspecified atom stereocenters. The van der Waals surface area contributed by atoms with Crippen LogP contribution in [-0.2, 0) is 23.4 Å². The van der Waals surface area contributed by atoms with Gasteiger partial charge in [0, 0.05) is 36.7 Å². The quantitative estimate of drug-likeness (QED) is 0.447. The van der Waals surface area contributed by atoms with Crippen molar-refractivity contribution in [3.63, 3.8) is 0 Å². The van der Waals surface area contributed by atoms with Gasteiger partial charge in [-0.1, -0.05) is 53.7 Å². The predicted molar refractivity (Wildman–Crippen MR) is 118 cm³/mol. The predicted octanol–water partition coefficient (Wildman–Crippen LogP) is 2.79. The Morgan fingerprint density at radius 2 is 1.81 bits per heavy atom. The van der Waals surface area contributed by atoms with E-state index in [4.69, 9.17) is 15.0 Å². The molecule has 2 heterocycles. The Balaban J connectivity index is 1.44. The molecule has 2 aromatic carbocycles. The summed E-state index contributed by atoms with van der Waals surface area (Å²) in [5.74, 6) is -0.408. The third-order valence-corrected chi connectivity index (χ3v) is 5.56. The minimum Gasteiger partial charge on any atom is -0.379 e. The van der Waals surface area contributed by atoms with E-state index >= 15 is 0 Å². The van der Waals surface area contributed by atoms with Crippen LogP contribution in [0.15, 0.2) is 70.2 Å². The highest BCUT2D eigenvalue weighted by Gasteiger charge is 2.37. The molecular formula is C24H26N4O3. The summed E-state index contributed by atoms with van der Waals surface area (Å²) in [4.78, 5) is 18.8. The van der Waals surface area contributed by atoms with Gasteiger partial charge in [0.15, 0.2) is 5.78 Å². The molecule has 0 amide bonds. The molecule has 1 aliphatic rings. The number of morpholine rings is 1. The Morgan fingerprint density at radius 3 is 2.55 bits per heavy atom. The Kier molecular flexibility index (Phi) is 6.36. The normalized spacial score (nSPS) is 16.5. The van der Waals surface area contributed by atoms with Gasteiger partial charge in [0.25, 0.3) is 0 Å². The van der Waals surface area contributed by atoms with Gasteiger partial charge >= 0.3 is 0 Å². The van der Waals surface area contributed by atoms with Gasteiger partial charge < -0.3 is 9.26 Å². The molecule has 7 heteroatoms. The fourth-order valence-electron chi connectivity index (χ4n) is 3.74. The van der Waals surface area contributed by atoms with Crippen LogP contribution < -0.4 is 5.73 Å². The molecule has 0 radical (unpaired) electrons. The van der Waals surface area contributed by atoms with Crippen molar-refractivity contribution < 1.29 is 14.1 Å². The van der Waals surface area contributed by atoms with Crippen LogP contribution in [0.25, 0.3) is 0 Å². The van der Waals surface area contributed by atoms with Gasteiger partial charge in [-0.25, -0.2) is 0 Å². The van der Waals surface area contributed by atoms with Crippen LogP contribution in [0.5, 0.6) is 0 Å². The topological polar surface area (TPSA) is 94.0 Å². The third-order valence-electron chi connectivity index (χ3n) is 5.56. The minimum absolute atomic E-state index is 0.0138. The van der Waals surface area contributed by atoms with Crippen LogP contribution in [0.2, 0.25) is 0 Å². The van der Waals surface area contributed by atoms with Gasteiger partial charge in [-0.15, -0.1) is 0 Å². The molecule has 0 spiro atoms. The second kappa shape index (κ2) is 9.34. The highest BCUT2D eigenvalue weighted by Crippen LogP contribution is 2.25. The number of aromatic nitrogens is 1. The van der Waals surface area contributed by atoms with Gasteiger partial charge in [-0.05, 0) is 24.8 Å². The molecule has 160 valence electrons. The van der Waals surface area contributed by atoms with E-state index in [0.717, 1.165) is 5.56 Å². The molecule has 3 aromatic rings. The summed E-state index contributed by atoms with van der Waals surface area (Å²) < 4.78 is 10.9. The molecule has 4 rings (SSSR count). The maximum atomic E-state index is 12.7. The number of aliphatic imine (C=N–C) groups is 1. The van der Waals surface area contributed by atoms with E-state index in [9.17, 15) is 4.79 Å². The number of ether oxygens (including phenoxy) is 1. The number of benzene rings is 2. The van der Waals surface area contributed by atoms with E-state index in [-0.39, 0.29) is 5.78 Å². The van der Waals surface area contributed by atoms with E-state index in [2.05, 4.69) is 16.9 Å². The lowest BCUT2D eigenvalue weighted by atomic mass is 9.99. The Labute approximate surface area is 181 Å².